The van der Waals surface area contributed by atoms with Gasteiger partial charge in [0.15, 0.2) is 5.82 Å². The summed E-state index contributed by atoms with van der Waals surface area (Å²) in [5.41, 5.74) is 7.19. The normalized spacial score (nSPS) is 20.8. The first kappa shape index (κ1) is 19.9. The molecule has 0 unspecified atom stereocenters. The molecular formula is C19H26ClFN4O2. The molecule has 1 aromatic carbocycles. The molecule has 3 N–H and O–H groups in total. The summed E-state index contributed by atoms with van der Waals surface area (Å²) in [5.74, 6) is -0.0542. The largest absolute Gasteiger partial charge is 0.369 e. The number of aromatic amines is 1. The van der Waals surface area contributed by atoms with Crippen molar-refractivity contribution in [1.82, 2.24) is 9.55 Å². The van der Waals surface area contributed by atoms with Crippen molar-refractivity contribution in [2.45, 2.75) is 52.1 Å². The fraction of sp³-hybridized carbons (Fsp3) is 0.579. The first-order chi connectivity index (χ1) is 12.3. The van der Waals surface area contributed by atoms with Crippen LogP contribution in [0.3, 0.4) is 0 Å². The van der Waals surface area contributed by atoms with Gasteiger partial charge in [0.2, 0.25) is 0 Å². The Kier molecular flexibility index (Phi) is 5.12. The van der Waals surface area contributed by atoms with Crippen LogP contribution in [-0.2, 0) is 0 Å². The highest BCUT2D eigenvalue weighted by atomic mass is 35.5. The van der Waals surface area contributed by atoms with Gasteiger partial charge in [-0.05, 0) is 46.0 Å². The number of fused-ring (bicyclic) bond motifs is 1. The van der Waals surface area contributed by atoms with Gasteiger partial charge in [0, 0.05) is 36.3 Å². The SMILES string of the molecule is Cc1c(F)c(N2CC[C@H]([C@@H](C)N)C2)c(C)c2c1c(=O)[nH]c(=O)n2C1CC1.Cl. The zero-order chi connectivity index (χ0) is 18.7. The molecular weight excluding hydrogens is 371 g/mol. The van der Waals surface area contributed by atoms with Crippen LogP contribution in [0.25, 0.3) is 10.9 Å². The summed E-state index contributed by atoms with van der Waals surface area (Å²) in [7, 11) is 0. The molecule has 148 valence electrons. The van der Waals surface area contributed by atoms with Crippen LogP contribution in [-0.4, -0.2) is 28.7 Å². The minimum absolute atomic E-state index is 0. The Hall–Kier alpha value is -1.86. The Morgan fingerprint density at radius 3 is 2.41 bits per heavy atom. The molecule has 2 aliphatic rings. The molecule has 2 fully saturated rings. The van der Waals surface area contributed by atoms with Gasteiger partial charge in [-0.1, -0.05) is 0 Å². The second kappa shape index (κ2) is 6.95. The minimum Gasteiger partial charge on any atom is -0.369 e. The van der Waals surface area contributed by atoms with Crippen LogP contribution in [0, 0.1) is 25.6 Å². The van der Waals surface area contributed by atoms with Gasteiger partial charge in [0.25, 0.3) is 5.56 Å². The minimum atomic E-state index is -0.511. The van der Waals surface area contributed by atoms with Crippen molar-refractivity contribution >= 4 is 29.0 Å². The van der Waals surface area contributed by atoms with Gasteiger partial charge in [0.1, 0.15) is 0 Å². The molecule has 1 aliphatic carbocycles. The Morgan fingerprint density at radius 1 is 1.19 bits per heavy atom. The summed E-state index contributed by atoms with van der Waals surface area (Å²) in [6.45, 7) is 6.84. The van der Waals surface area contributed by atoms with E-state index in [2.05, 4.69) is 4.98 Å². The predicted molar refractivity (Wildman–Crippen MR) is 108 cm³/mol. The smallest absolute Gasteiger partial charge is 0.329 e. The molecule has 1 aromatic heterocycles. The standard InChI is InChI=1S/C19H25FN4O2.ClH/c1-9-14-16(24(13-4-5-13)19(26)22-18(14)25)10(2)17(15(9)20)23-7-6-12(8-23)11(3)21;/h11-13H,4-8,21H2,1-3H3,(H,22,25,26);1H/t11-,12+;/m1./s1. The highest BCUT2D eigenvalue weighted by Gasteiger charge is 2.33. The number of aryl methyl sites for hydroxylation is 2. The summed E-state index contributed by atoms with van der Waals surface area (Å²) in [4.78, 5) is 29.3. The number of H-pyrrole nitrogens is 1. The van der Waals surface area contributed by atoms with E-state index in [4.69, 9.17) is 5.73 Å². The first-order valence-electron chi connectivity index (χ1n) is 9.29. The van der Waals surface area contributed by atoms with Crippen LogP contribution in [0.5, 0.6) is 0 Å². The zero-order valence-electron chi connectivity index (χ0n) is 15.8. The maximum absolute atomic E-state index is 15.3. The van der Waals surface area contributed by atoms with Gasteiger partial charge >= 0.3 is 5.69 Å². The molecule has 4 rings (SSSR count). The highest BCUT2D eigenvalue weighted by molar-refractivity contribution is 5.90. The topological polar surface area (TPSA) is 84.1 Å². The van der Waals surface area contributed by atoms with E-state index in [0.29, 0.717) is 34.8 Å². The van der Waals surface area contributed by atoms with Gasteiger partial charge in [-0.2, -0.15) is 0 Å². The van der Waals surface area contributed by atoms with E-state index in [0.717, 1.165) is 25.8 Å². The highest BCUT2D eigenvalue weighted by Crippen LogP contribution is 2.40. The number of hydrogen-bond acceptors (Lipinski definition) is 4. The molecule has 2 aromatic rings. The number of nitrogens with one attached hydrogen (secondary N) is 1. The van der Waals surface area contributed by atoms with Crippen LogP contribution in [0.4, 0.5) is 10.1 Å². The molecule has 1 saturated heterocycles. The van der Waals surface area contributed by atoms with Gasteiger partial charge in [-0.25, -0.2) is 9.18 Å². The summed E-state index contributed by atoms with van der Waals surface area (Å²) in [6.07, 6.45) is 2.73. The molecule has 1 saturated carbocycles. The van der Waals surface area contributed by atoms with Crippen molar-refractivity contribution in [3.63, 3.8) is 0 Å². The van der Waals surface area contributed by atoms with E-state index in [-0.39, 0.29) is 35.7 Å². The number of halogens is 2. The molecule has 6 nitrogen and oxygen atoms in total. The van der Waals surface area contributed by atoms with Gasteiger partial charge in [-0.3, -0.25) is 14.3 Å². The number of aromatic nitrogens is 2. The molecule has 2 atom stereocenters. The maximum Gasteiger partial charge on any atom is 0.329 e. The van der Waals surface area contributed by atoms with Gasteiger partial charge in [-0.15, -0.1) is 12.4 Å². The van der Waals surface area contributed by atoms with E-state index < -0.39 is 11.2 Å². The van der Waals surface area contributed by atoms with Crippen molar-refractivity contribution in [2.24, 2.45) is 11.7 Å². The van der Waals surface area contributed by atoms with E-state index in [1.54, 1.807) is 11.5 Å². The lowest BCUT2D eigenvalue weighted by Gasteiger charge is -2.25. The fourth-order valence-electron chi connectivity index (χ4n) is 4.31. The van der Waals surface area contributed by atoms with Crippen LogP contribution < -0.4 is 21.9 Å². The molecule has 0 bridgehead atoms. The van der Waals surface area contributed by atoms with Crippen LogP contribution in [0.2, 0.25) is 0 Å². The summed E-state index contributed by atoms with van der Waals surface area (Å²) >= 11 is 0. The van der Waals surface area contributed by atoms with E-state index in [1.165, 1.54) is 0 Å². The van der Waals surface area contributed by atoms with Crippen LogP contribution >= 0.6 is 12.4 Å². The summed E-state index contributed by atoms with van der Waals surface area (Å²) < 4.78 is 16.9. The van der Waals surface area contributed by atoms with E-state index in [9.17, 15) is 9.59 Å². The van der Waals surface area contributed by atoms with E-state index in [1.807, 2.05) is 18.7 Å². The van der Waals surface area contributed by atoms with Crippen molar-refractivity contribution in [2.75, 3.05) is 18.0 Å². The second-order valence-electron chi connectivity index (χ2n) is 7.85. The van der Waals surface area contributed by atoms with Crippen molar-refractivity contribution in [3.05, 3.63) is 37.8 Å². The lowest BCUT2D eigenvalue weighted by atomic mass is 10.0. The lowest BCUT2D eigenvalue weighted by molar-refractivity contribution is 0.487. The third-order valence-electron chi connectivity index (χ3n) is 5.96. The number of rotatable bonds is 3. The molecule has 1 aliphatic heterocycles. The van der Waals surface area contributed by atoms with Gasteiger partial charge in [0.05, 0.1) is 16.6 Å². The van der Waals surface area contributed by atoms with Crippen molar-refractivity contribution in [1.29, 1.82) is 0 Å². The Morgan fingerprint density at radius 2 is 1.85 bits per heavy atom. The monoisotopic (exact) mass is 396 g/mol. The van der Waals surface area contributed by atoms with E-state index >= 15 is 4.39 Å². The third-order valence-corrected chi connectivity index (χ3v) is 5.96. The Bertz CT molecular complexity index is 1010. The second-order valence-corrected chi connectivity index (χ2v) is 7.85. The predicted octanol–water partition coefficient (Wildman–Crippen LogP) is 2.38. The van der Waals surface area contributed by atoms with Gasteiger partial charge < -0.3 is 10.6 Å². The third kappa shape index (κ3) is 3.06. The number of anilines is 1. The van der Waals surface area contributed by atoms with Crippen molar-refractivity contribution in [3.8, 4) is 0 Å². The molecule has 0 radical (unpaired) electrons. The van der Waals surface area contributed by atoms with Crippen LogP contribution in [0.1, 0.15) is 43.4 Å². The van der Waals surface area contributed by atoms with Crippen molar-refractivity contribution < 1.29 is 4.39 Å². The van der Waals surface area contributed by atoms with Crippen LogP contribution in [0.15, 0.2) is 9.59 Å². The number of nitrogens with two attached hydrogens (primary N) is 1. The molecule has 8 heteroatoms. The Balaban J connectivity index is 0.00000210. The Labute approximate surface area is 163 Å². The summed E-state index contributed by atoms with van der Waals surface area (Å²) in [5, 5.41) is 0.290. The lowest BCUT2D eigenvalue weighted by Crippen LogP contribution is -2.33. The average Bonchev–Trinajstić information content (AvgIpc) is 3.28. The quantitative estimate of drug-likeness (QED) is 0.834. The molecule has 2 heterocycles. The molecule has 0 amide bonds. The number of nitrogens with zero attached hydrogens (tertiary/aromatic N) is 2. The molecule has 0 spiro atoms. The first-order valence-corrected chi connectivity index (χ1v) is 9.29. The fourth-order valence-corrected chi connectivity index (χ4v) is 4.31. The molecule has 27 heavy (non-hydrogen) atoms. The average molecular weight is 397 g/mol. The number of hydrogen-bond donors (Lipinski definition) is 2. The summed E-state index contributed by atoms with van der Waals surface area (Å²) in [6, 6.07) is 0.145. The zero-order valence-corrected chi connectivity index (χ0v) is 16.7. The maximum atomic E-state index is 15.3. The number of benzene rings is 1.